The summed E-state index contributed by atoms with van der Waals surface area (Å²) >= 11 is 0. The van der Waals surface area contributed by atoms with Gasteiger partial charge in [-0.2, -0.15) is 4.98 Å². The second kappa shape index (κ2) is 9.32. The number of hydrogen-bond acceptors (Lipinski definition) is 8. The predicted octanol–water partition coefficient (Wildman–Crippen LogP) is 3.93. The molecule has 0 spiro atoms. The number of anilines is 4. The third kappa shape index (κ3) is 5.07. The Kier molecular flexibility index (Phi) is 6.36. The van der Waals surface area contributed by atoms with Crippen molar-refractivity contribution in [1.29, 1.82) is 0 Å². The summed E-state index contributed by atoms with van der Waals surface area (Å²) in [6, 6.07) is 15.5. The highest BCUT2D eigenvalue weighted by molar-refractivity contribution is 5.96. The molecule has 0 aliphatic rings. The molecule has 0 bridgehead atoms. The molecule has 0 aliphatic carbocycles. The average Bonchev–Trinajstić information content (AvgIpc) is 2.74. The summed E-state index contributed by atoms with van der Waals surface area (Å²) in [4.78, 5) is 32.2. The number of carbonyl (C=O) groups excluding carboxylic acids is 2. The van der Waals surface area contributed by atoms with Crippen LogP contribution in [0.1, 0.15) is 27.6 Å². The fourth-order valence-corrected chi connectivity index (χ4v) is 2.54. The highest BCUT2D eigenvalue weighted by Crippen LogP contribution is 2.21. The van der Waals surface area contributed by atoms with E-state index in [0.29, 0.717) is 35.2 Å². The second-order valence-electron chi connectivity index (χ2n) is 5.85. The van der Waals surface area contributed by atoms with Gasteiger partial charge in [-0.05, 0) is 49.4 Å². The fraction of sp³-hybridized carbons (Fsp3) is 0.143. The molecule has 2 aromatic carbocycles. The van der Waals surface area contributed by atoms with Gasteiger partial charge in [-0.15, -0.1) is 0 Å². The van der Waals surface area contributed by atoms with Crippen LogP contribution in [0.4, 0.5) is 23.1 Å². The van der Waals surface area contributed by atoms with Crippen molar-refractivity contribution in [3.8, 4) is 0 Å². The maximum Gasteiger partial charge on any atom is 0.339 e. The smallest absolute Gasteiger partial charge is 0.339 e. The van der Waals surface area contributed by atoms with Gasteiger partial charge in [0.1, 0.15) is 5.82 Å². The summed E-state index contributed by atoms with van der Waals surface area (Å²) in [7, 11) is 1.33. The molecule has 29 heavy (non-hydrogen) atoms. The third-order valence-electron chi connectivity index (χ3n) is 3.90. The van der Waals surface area contributed by atoms with Gasteiger partial charge in [0.25, 0.3) is 0 Å². The number of aromatic nitrogens is 2. The van der Waals surface area contributed by atoms with Crippen molar-refractivity contribution in [2.24, 2.45) is 0 Å². The van der Waals surface area contributed by atoms with Crippen LogP contribution < -0.4 is 10.6 Å². The Morgan fingerprint density at radius 1 is 0.966 bits per heavy atom. The van der Waals surface area contributed by atoms with E-state index in [9.17, 15) is 9.59 Å². The van der Waals surface area contributed by atoms with Gasteiger partial charge >= 0.3 is 11.9 Å². The first-order valence-corrected chi connectivity index (χ1v) is 8.92. The molecule has 0 unspecified atom stereocenters. The van der Waals surface area contributed by atoms with Gasteiger partial charge in [-0.1, -0.05) is 12.1 Å². The number of ether oxygens (including phenoxy) is 2. The van der Waals surface area contributed by atoms with Crippen LogP contribution in [0.25, 0.3) is 0 Å². The van der Waals surface area contributed by atoms with Crippen molar-refractivity contribution in [2.45, 2.75) is 6.92 Å². The van der Waals surface area contributed by atoms with Crippen LogP contribution in [0.15, 0.2) is 60.8 Å². The zero-order valence-corrected chi connectivity index (χ0v) is 16.0. The first-order valence-electron chi connectivity index (χ1n) is 8.92. The molecule has 1 aromatic heterocycles. The quantitative estimate of drug-likeness (QED) is 0.583. The fourth-order valence-electron chi connectivity index (χ4n) is 2.54. The maximum absolute atomic E-state index is 11.9. The zero-order chi connectivity index (χ0) is 20.6. The van der Waals surface area contributed by atoms with Gasteiger partial charge in [0.2, 0.25) is 5.95 Å². The Balaban J connectivity index is 1.74. The second-order valence-corrected chi connectivity index (χ2v) is 5.85. The molecule has 0 amide bonds. The Morgan fingerprint density at radius 3 is 2.45 bits per heavy atom. The molecule has 0 radical (unpaired) electrons. The Labute approximate surface area is 167 Å². The minimum Gasteiger partial charge on any atom is -0.465 e. The molecule has 0 saturated heterocycles. The molecule has 148 valence electrons. The lowest BCUT2D eigenvalue weighted by molar-refractivity contribution is 0.0525. The molecule has 3 rings (SSSR count). The van der Waals surface area contributed by atoms with Gasteiger partial charge in [0, 0.05) is 11.9 Å². The summed E-state index contributed by atoms with van der Waals surface area (Å²) in [5, 5.41) is 6.17. The van der Waals surface area contributed by atoms with E-state index in [2.05, 4.69) is 20.6 Å². The largest absolute Gasteiger partial charge is 0.465 e. The number of hydrogen-bond donors (Lipinski definition) is 2. The summed E-state index contributed by atoms with van der Waals surface area (Å²) in [5.41, 5.74) is 2.14. The van der Waals surface area contributed by atoms with Crippen LogP contribution in [0, 0.1) is 0 Å². The van der Waals surface area contributed by atoms with Crippen LogP contribution in [-0.4, -0.2) is 35.6 Å². The summed E-state index contributed by atoms with van der Waals surface area (Å²) < 4.78 is 9.77. The van der Waals surface area contributed by atoms with Crippen LogP contribution in [0.5, 0.6) is 0 Å². The van der Waals surface area contributed by atoms with Crippen molar-refractivity contribution in [3.05, 3.63) is 71.9 Å². The molecule has 8 heteroatoms. The van der Waals surface area contributed by atoms with Gasteiger partial charge in [-0.3, -0.25) is 0 Å². The lowest BCUT2D eigenvalue weighted by Gasteiger charge is -2.11. The van der Waals surface area contributed by atoms with Gasteiger partial charge in [-0.25, -0.2) is 14.6 Å². The van der Waals surface area contributed by atoms with Crippen molar-refractivity contribution < 1.29 is 19.1 Å². The lowest BCUT2D eigenvalue weighted by atomic mass is 10.2. The first kappa shape index (κ1) is 19.8. The Morgan fingerprint density at radius 2 is 1.72 bits per heavy atom. The SMILES string of the molecule is CCOC(=O)c1ccc(Nc2ccnc(Nc3ccccc3C(=O)OC)n2)cc1. The highest BCUT2D eigenvalue weighted by Gasteiger charge is 2.12. The van der Waals surface area contributed by atoms with Crippen molar-refractivity contribution in [3.63, 3.8) is 0 Å². The predicted molar refractivity (Wildman–Crippen MR) is 109 cm³/mol. The molecule has 0 fully saturated rings. The summed E-state index contributed by atoms with van der Waals surface area (Å²) in [6.45, 7) is 2.09. The number of nitrogens with one attached hydrogen (secondary N) is 2. The molecule has 2 N–H and O–H groups in total. The van der Waals surface area contributed by atoms with E-state index in [4.69, 9.17) is 9.47 Å². The zero-order valence-electron chi connectivity index (χ0n) is 16.0. The van der Waals surface area contributed by atoms with E-state index in [1.807, 2.05) is 0 Å². The standard InChI is InChI=1S/C21H20N4O4/c1-3-29-19(26)14-8-10-15(11-9-14)23-18-12-13-22-21(25-18)24-17-7-5-4-6-16(17)20(27)28-2/h4-13H,3H2,1-2H3,(H2,22,23,24,25). The van der Waals surface area contributed by atoms with Gasteiger partial charge in [0.15, 0.2) is 0 Å². The monoisotopic (exact) mass is 392 g/mol. The number of rotatable bonds is 7. The van der Waals surface area contributed by atoms with E-state index in [1.54, 1.807) is 67.7 Å². The van der Waals surface area contributed by atoms with Crippen molar-refractivity contribution >= 4 is 35.1 Å². The van der Waals surface area contributed by atoms with E-state index < -0.39 is 5.97 Å². The molecule has 1 heterocycles. The van der Waals surface area contributed by atoms with E-state index in [1.165, 1.54) is 7.11 Å². The minimum atomic E-state index is -0.455. The normalized spacial score (nSPS) is 10.1. The average molecular weight is 392 g/mol. The Hall–Kier alpha value is -3.94. The number of para-hydroxylation sites is 1. The summed E-state index contributed by atoms with van der Waals surface area (Å²) in [6.07, 6.45) is 1.59. The Bertz CT molecular complexity index is 1010. The molecular formula is C21H20N4O4. The molecule has 3 aromatic rings. The molecule has 0 atom stereocenters. The highest BCUT2D eigenvalue weighted by atomic mass is 16.5. The number of nitrogens with zero attached hydrogens (tertiary/aromatic N) is 2. The van der Waals surface area contributed by atoms with Crippen LogP contribution >= 0.6 is 0 Å². The molecule has 8 nitrogen and oxygen atoms in total. The lowest BCUT2D eigenvalue weighted by Crippen LogP contribution is -2.07. The maximum atomic E-state index is 11.9. The van der Waals surface area contributed by atoms with Gasteiger partial charge < -0.3 is 20.1 Å². The third-order valence-corrected chi connectivity index (χ3v) is 3.90. The minimum absolute atomic E-state index is 0.314. The number of carbonyl (C=O) groups is 2. The van der Waals surface area contributed by atoms with Crippen LogP contribution in [0.3, 0.4) is 0 Å². The van der Waals surface area contributed by atoms with Crippen LogP contribution in [0.2, 0.25) is 0 Å². The number of esters is 2. The number of benzene rings is 2. The summed E-state index contributed by atoms with van der Waals surface area (Å²) in [5.74, 6) is 0.0392. The first-order chi connectivity index (χ1) is 14.1. The van der Waals surface area contributed by atoms with E-state index in [-0.39, 0.29) is 5.97 Å². The van der Waals surface area contributed by atoms with Crippen molar-refractivity contribution in [2.75, 3.05) is 24.4 Å². The van der Waals surface area contributed by atoms with Gasteiger partial charge in [0.05, 0.1) is 30.5 Å². The molecular weight excluding hydrogens is 372 g/mol. The van der Waals surface area contributed by atoms with Crippen molar-refractivity contribution in [1.82, 2.24) is 9.97 Å². The number of methoxy groups -OCH3 is 1. The van der Waals surface area contributed by atoms with E-state index in [0.717, 1.165) is 5.69 Å². The molecule has 0 aliphatic heterocycles. The molecule has 0 saturated carbocycles. The topological polar surface area (TPSA) is 102 Å². The van der Waals surface area contributed by atoms with E-state index >= 15 is 0 Å². The van der Waals surface area contributed by atoms with Crippen LogP contribution in [-0.2, 0) is 9.47 Å².